The van der Waals surface area contributed by atoms with Crippen molar-refractivity contribution in [3.63, 3.8) is 0 Å². The second-order valence-electron chi connectivity index (χ2n) is 6.88. The highest BCUT2D eigenvalue weighted by Gasteiger charge is 2.35. The van der Waals surface area contributed by atoms with Crippen molar-refractivity contribution in [2.75, 3.05) is 5.01 Å². The lowest BCUT2D eigenvalue weighted by Crippen LogP contribution is -2.35. The van der Waals surface area contributed by atoms with Crippen LogP contribution in [0.5, 0.6) is 0 Å². The topological polar surface area (TPSA) is 91.6 Å². The number of anilines is 1. The first-order chi connectivity index (χ1) is 13.9. The molecule has 146 valence electrons. The van der Waals surface area contributed by atoms with Crippen LogP contribution in [0.25, 0.3) is 17.0 Å². The van der Waals surface area contributed by atoms with Gasteiger partial charge in [-0.15, -0.1) is 0 Å². The third kappa shape index (κ3) is 2.97. The molecular formula is C22H19N3O4. The van der Waals surface area contributed by atoms with Gasteiger partial charge >= 0.3 is 5.97 Å². The van der Waals surface area contributed by atoms with Crippen molar-refractivity contribution >= 4 is 40.4 Å². The monoisotopic (exact) mass is 389 g/mol. The van der Waals surface area contributed by atoms with Crippen LogP contribution in [0.2, 0.25) is 0 Å². The number of carboxylic acids is 1. The first-order valence-corrected chi connectivity index (χ1v) is 9.14. The fourth-order valence-corrected chi connectivity index (χ4v) is 3.67. The number of aromatic nitrogens is 1. The molecule has 0 spiro atoms. The SMILES string of the molecule is Cc1c(/C=C2/C(=O)NN(c3ccccc3)C2=O)c2ccccc2n1[C@H](C)C(=O)O. The number of benzene rings is 2. The minimum atomic E-state index is -0.960. The maximum atomic E-state index is 12.9. The summed E-state index contributed by atoms with van der Waals surface area (Å²) in [5, 5.41) is 11.5. The number of hydrazine groups is 1. The highest BCUT2D eigenvalue weighted by molar-refractivity contribution is 6.32. The fourth-order valence-electron chi connectivity index (χ4n) is 3.67. The van der Waals surface area contributed by atoms with E-state index in [4.69, 9.17) is 0 Å². The first-order valence-electron chi connectivity index (χ1n) is 9.14. The molecule has 1 fully saturated rings. The van der Waals surface area contributed by atoms with Gasteiger partial charge in [-0.05, 0) is 38.1 Å². The summed E-state index contributed by atoms with van der Waals surface area (Å²) in [6, 6.07) is 15.4. The zero-order chi connectivity index (χ0) is 20.7. The molecule has 0 radical (unpaired) electrons. The number of aliphatic carboxylic acids is 1. The van der Waals surface area contributed by atoms with Gasteiger partial charge in [0.1, 0.15) is 11.6 Å². The normalized spacial score (nSPS) is 16.5. The van der Waals surface area contributed by atoms with Gasteiger partial charge in [0, 0.05) is 22.2 Å². The number of para-hydroxylation sites is 2. The van der Waals surface area contributed by atoms with E-state index in [0.717, 1.165) is 10.9 Å². The summed E-state index contributed by atoms with van der Waals surface area (Å²) >= 11 is 0. The van der Waals surface area contributed by atoms with Crippen molar-refractivity contribution in [3.8, 4) is 0 Å². The van der Waals surface area contributed by atoms with Crippen molar-refractivity contribution < 1.29 is 19.5 Å². The lowest BCUT2D eigenvalue weighted by atomic mass is 10.1. The number of rotatable bonds is 4. The van der Waals surface area contributed by atoms with Crippen molar-refractivity contribution in [2.24, 2.45) is 0 Å². The number of fused-ring (bicyclic) bond motifs is 1. The molecule has 0 saturated carbocycles. The van der Waals surface area contributed by atoms with Gasteiger partial charge in [-0.2, -0.15) is 0 Å². The Bertz CT molecular complexity index is 1180. The predicted octanol–water partition coefficient (Wildman–Crippen LogP) is 3.06. The zero-order valence-corrected chi connectivity index (χ0v) is 15.9. The predicted molar refractivity (Wildman–Crippen MR) is 109 cm³/mol. The van der Waals surface area contributed by atoms with Gasteiger partial charge in [0.05, 0.1) is 5.69 Å². The highest BCUT2D eigenvalue weighted by Crippen LogP contribution is 2.32. The van der Waals surface area contributed by atoms with Crippen LogP contribution in [0.3, 0.4) is 0 Å². The number of hydrogen-bond acceptors (Lipinski definition) is 3. The van der Waals surface area contributed by atoms with Crippen LogP contribution in [-0.2, 0) is 14.4 Å². The van der Waals surface area contributed by atoms with E-state index in [9.17, 15) is 19.5 Å². The third-order valence-corrected chi connectivity index (χ3v) is 5.14. The smallest absolute Gasteiger partial charge is 0.326 e. The number of carbonyl (C=O) groups excluding carboxylic acids is 2. The summed E-state index contributed by atoms with van der Waals surface area (Å²) < 4.78 is 1.70. The average Bonchev–Trinajstić information content (AvgIpc) is 3.16. The molecule has 1 aliphatic rings. The molecule has 1 atom stereocenters. The van der Waals surface area contributed by atoms with E-state index < -0.39 is 23.8 Å². The van der Waals surface area contributed by atoms with Crippen LogP contribution in [0.4, 0.5) is 5.69 Å². The van der Waals surface area contributed by atoms with Crippen molar-refractivity contribution in [2.45, 2.75) is 19.9 Å². The Hall–Kier alpha value is -3.87. The molecule has 2 N–H and O–H groups in total. The Balaban J connectivity index is 1.85. The molecule has 1 aromatic heterocycles. The van der Waals surface area contributed by atoms with Gasteiger partial charge in [0.2, 0.25) is 0 Å². The second-order valence-corrected chi connectivity index (χ2v) is 6.88. The Kier molecular flexibility index (Phi) is 4.43. The van der Waals surface area contributed by atoms with Gasteiger partial charge < -0.3 is 9.67 Å². The van der Waals surface area contributed by atoms with Crippen LogP contribution in [0, 0.1) is 6.92 Å². The molecule has 7 heteroatoms. The van der Waals surface area contributed by atoms with Crippen LogP contribution in [-0.4, -0.2) is 27.5 Å². The van der Waals surface area contributed by atoms with Crippen LogP contribution >= 0.6 is 0 Å². The van der Waals surface area contributed by atoms with E-state index in [1.54, 1.807) is 48.8 Å². The van der Waals surface area contributed by atoms with Gasteiger partial charge in [0.25, 0.3) is 11.8 Å². The van der Waals surface area contributed by atoms with Crippen LogP contribution in [0.1, 0.15) is 24.2 Å². The lowest BCUT2D eigenvalue weighted by Gasteiger charge is -2.14. The Morgan fingerprint density at radius 1 is 1.07 bits per heavy atom. The van der Waals surface area contributed by atoms with Crippen molar-refractivity contribution in [1.29, 1.82) is 0 Å². The van der Waals surface area contributed by atoms with E-state index in [0.29, 0.717) is 16.9 Å². The minimum absolute atomic E-state index is 0.00262. The molecule has 4 rings (SSSR count). The van der Waals surface area contributed by atoms with E-state index in [2.05, 4.69) is 5.43 Å². The number of carboxylic acid groups (broad SMARTS) is 1. The molecule has 29 heavy (non-hydrogen) atoms. The Morgan fingerprint density at radius 3 is 2.41 bits per heavy atom. The molecule has 0 bridgehead atoms. The quantitative estimate of drug-likeness (QED) is 0.530. The third-order valence-electron chi connectivity index (χ3n) is 5.14. The standard InChI is InChI=1S/C22H19N3O4/c1-13-17(16-10-6-7-11-19(16)24(13)14(2)22(28)29)12-18-20(26)23-25(21(18)27)15-8-4-3-5-9-15/h3-12,14H,1-2H3,(H,23,26)(H,28,29)/b18-12-/t14-/m1/s1. The highest BCUT2D eigenvalue weighted by atomic mass is 16.4. The first kappa shape index (κ1) is 18.5. The fraction of sp³-hybridized carbons (Fsp3) is 0.136. The molecule has 0 unspecified atom stereocenters. The molecule has 1 aliphatic heterocycles. The zero-order valence-electron chi connectivity index (χ0n) is 15.9. The Labute approximate surface area is 166 Å². The summed E-state index contributed by atoms with van der Waals surface area (Å²) in [5.41, 5.74) is 5.21. The second kappa shape index (κ2) is 6.94. The molecule has 3 aromatic rings. The molecule has 2 aromatic carbocycles. The number of hydrogen-bond donors (Lipinski definition) is 2. The van der Waals surface area contributed by atoms with E-state index in [1.165, 1.54) is 5.01 Å². The summed E-state index contributed by atoms with van der Waals surface area (Å²) in [7, 11) is 0. The molecular weight excluding hydrogens is 370 g/mol. The number of carbonyl (C=O) groups is 3. The summed E-state index contributed by atoms with van der Waals surface area (Å²) in [4.78, 5) is 37.0. The Morgan fingerprint density at radius 2 is 1.72 bits per heavy atom. The number of amides is 2. The maximum absolute atomic E-state index is 12.9. The average molecular weight is 389 g/mol. The lowest BCUT2D eigenvalue weighted by molar-refractivity contribution is -0.140. The molecule has 2 heterocycles. The van der Waals surface area contributed by atoms with E-state index in [1.807, 2.05) is 30.3 Å². The summed E-state index contributed by atoms with van der Waals surface area (Å²) in [6.07, 6.45) is 1.54. The number of nitrogens with one attached hydrogen (secondary N) is 1. The molecule has 2 amide bonds. The van der Waals surface area contributed by atoms with Crippen molar-refractivity contribution in [3.05, 3.63) is 71.4 Å². The van der Waals surface area contributed by atoms with Gasteiger partial charge in [-0.25, -0.2) is 9.80 Å². The van der Waals surface area contributed by atoms with E-state index >= 15 is 0 Å². The van der Waals surface area contributed by atoms with Crippen LogP contribution < -0.4 is 10.4 Å². The summed E-state index contributed by atoms with van der Waals surface area (Å²) in [6.45, 7) is 3.39. The van der Waals surface area contributed by atoms with Gasteiger partial charge in [0.15, 0.2) is 0 Å². The van der Waals surface area contributed by atoms with Gasteiger partial charge in [-0.1, -0.05) is 36.4 Å². The van der Waals surface area contributed by atoms with E-state index in [-0.39, 0.29) is 5.57 Å². The molecule has 0 aliphatic carbocycles. The maximum Gasteiger partial charge on any atom is 0.326 e. The largest absolute Gasteiger partial charge is 0.480 e. The number of nitrogens with zero attached hydrogens (tertiary/aromatic N) is 2. The molecule has 7 nitrogen and oxygen atoms in total. The summed E-state index contributed by atoms with van der Waals surface area (Å²) in [5.74, 6) is -1.91. The molecule has 1 saturated heterocycles. The van der Waals surface area contributed by atoms with Gasteiger partial charge in [-0.3, -0.25) is 15.0 Å². The van der Waals surface area contributed by atoms with Crippen LogP contribution in [0.15, 0.2) is 60.2 Å². The van der Waals surface area contributed by atoms with Crippen molar-refractivity contribution in [1.82, 2.24) is 9.99 Å². The minimum Gasteiger partial charge on any atom is -0.480 e.